The summed E-state index contributed by atoms with van der Waals surface area (Å²) in [6.45, 7) is 0. The number of ether oxygens (including phenoxy) is 1. The summed E-state index contributed by atoms with van der Waals surface area (Å²) >= 11 is 1.59. The Morgan fingerprint density at radius 1 is 1.08 bits per heavy atom. The largest absolute Gasteiger partial charge is 0.488 e. The van der Waals surface area contributed by atoms with Gasteiger partial charge in [-0.15, -0.1) is 11.8 Å². The molecule has 0 fully saturated rings. The molecule has 126 valence electrons. The molecule has 1 atom stereocenters. The van der Waals surface area contributed by atoms with Crippen molar-refractivity contribution in [2.45, 2.75) is 17.4 Å². The van der Waals surface area contributed by atoms with Gasteiger partial charge in [-0.1, -0.05) is 29.3 Å². The number of thioether (sulfide) groups is 1. The predicted molar refractivity (Wildman–Crippen MR) is 89.2 cm³/mol. The first kappa shape index (κ1) is 15.7. The number of para-hydroxylation sites is 1. The van der Waals surface area contributed by atoms with E-state index in [2.05, 4.69) is 0 Å². The van der Waals surface area contributed by atoms with Crippen LogP contribution in [-0.4, -0.2) is 34.7 Å². The second-order valence-electron chi connectivity index (χ2n) is 5.62. The van der Waals surface area contributed by atoms with Crippen molar-refractivity contribution in [2.24, 2.45) is 0 Å². The first-order valence-corrected chi connectivity index (χ1v) is 8.69. The molecule has 2 aromatic rings. The fourth-order valence-corrected chi connectivity index (χ4v) is 3.72. The van der Waals surface area contributed by atoms with Crippen molar-refractivity contribution in [3.05, 3.63) is 59.7 Å². The minimum atomic E-state index is -0.681. The first-order valence-electron chi connectivity index (χ1n) is 7.70. The van der Waals surface area contributed by atoms with E-state index in [-0.39, 0.29) is 23.7 Å². The average molecular weight is 355 g/mol. The maximum Gasteiger partial charge on any atom is 0.336 e. The number of rotatable bonds is 3. The number of carbonyl (C=O) groups is 3. The minimum absolute atomic E-state index is 0.0469. The Morgan fingerprint density at radius 3 is 2.44 bits per heavy atom. The van der Waals surface area contributed by atoms with Gasteiger partial charge in [0.05, 0.1) is 17.5 Å². The van der Waals surface area contributed by atoms with E-state index in [4.69, 9.17) is 9.57 Å². The summed E-state index contributed by atoms with van der Waals surface area (Å²) in [5, 5.41) is 0.525. The highest BCUT2D eigenvalue weighted by molar-refractivity contribution is 7.99. The van der Waals surface area contributed by atoms with Crippen LogP contribution in [0.2, 0.25) is 0 Å². The van der Waals surface area contributed by atoms with E-state index in [9.17, 15) is 14.4 Å². The highest BCUT2D eigenvalue weighted by Gasteiger charge is 2.39. The lowest BCUT2D eigenvalue weighted by Gasteiger charge is -2.25. The molecule has 2 heterocycles. The van der Waals surface area contributed by atoms with Crippen LogP contribution in [0.1, 0.15) is 27.1 Å². The summed E-state index contributed by atoms with van der Waals surface area (Å²) in [4.78, 5) is 42.6. The lowest BCUT2D eigenvalue weighted by atomic mass is 10.1. The van der Waals surface area contributed by atoms with E-state index in [0.717, 1.165) is 10.6 Å². The van der Waals surface area contributed by atoms with Crippen LogP contribution in [0, 0.1) is 0 Å². The van der Waals surface area contributed by atoms with Crippen molar-refractivity contribution in [2.75, 3.05) is 5.75 Å². The Hall–Kier alpha value is -2.80. The molecule has 1 unspecified atom stereocenters. The predicted octanol–water partition coefficient (Wildman–Crippen LogP) is 2.68. The third-order valence-corrected chi connectivity index (χ3v) is 5.10. The van der Waals surface area contributed by atoms with Gasteiger partial charge in [-0.2, -0.15) is 0 Å². The van der Waals surface area contributed by atoms with Crippen molar-refractivity contribution in [1.29, 1.82) is 0 Å². The molecule has 0 saturated heterocycles. The van der Waals surface area contributed by atoms with Gasteiger partial charge in [0.2, 0.25) is 0 Å². The maximum absolute atomic E-state index is 12.2. The van der Waals surface area contributed by atoms with Gasteiger partial charge in [-0.05, 0) is 24.3 Å². The van der Waals surface area contributed by atoms with Crippen LogP contribution >= 0.6 is 11.8 Å². The number of hydroxylamine groups is 2. The molecule has 0 radical (unpaired) electrons. The van der Waals surface area contributed by atoms with Crippen molar-refractivity contribution in [3.63, 3.8) is 0 Å². The Bertz CT molecular complexity index is 846. The molecule has 0 saturated carbocycles. The number of amides is 2. The van der Waals surface area contributed by atoms with Gasteiger partial charge in [-0.25, -0.2) is 4.79 Å². The standard InChI is InChI=1S/C18H13NO5S/c20-16(9-11-10-25-15-8-4-3-7-14(15)23-11)24-19-17(21)12-5-1-2-6-13(12)18(19)22/h1-8,11H,9-10H2. The van der Waals surface area contributed by atoms with E-state index in [0.29, 0.717) is 10.8 Å². The molecule has 0 spiro atoms. The van der Waals surface area contributed by atoms with Gasteiger partial charge in [-0.3, -0.25) is 9.59 Å². The highest BCUT2D eigenvalue weighted by atomic mass is 32.2. The Kier molecular flexibility index (Phi) is 3.93. The molecule has 25 heavy (non-hydrogen) atoms. The molecular formula is C18H13NO5S. The quantitative estimate of drug-likeness (QED) is 0.788. The zero-order valence-electron chi connectivity index (χ0n) is 13.0. The van der Waals surface area contributed by atoms with Gasteiger partial charge >= 0.3 is 5.97 Å². The van der Waals surface area contributed by atoms with Crippen LogP contribution in [-0.2, 0) is 9.63 Å². The molecule has 0 aliphatic carbocycles. The SMILES string of the molecule is O=C(CC1CSc2ccccc2O1)ON1C(=O)c2ccccc2C1=O. The zero-order chi connectivity index (χ0) is 17.4. The van der Waals surface area contributed by atoms with Crippen molar-refractivity contribution in [3.8, 4) is 5.75 Å². The minimum Gasteiger partial charge on any atom is -0.488 e. The average Bonchev–Trinajstić information content (AvgIpc) is 2.87. The molecule has 7 heteroatoms. The summed E-state index contributed by atoms with van der Waals surface area (Å²) < 4.78 is 5.77. The van der Waals surface area contributed by atoms with Crippen LogP contribution in [0.4, 0.5) is 0 Å². The molecule has 6 nitrogen and oxygen atoms in total. The van der Waals surface area contributed by atoms with Crippen LogP contribution in [0.25, 0.3) is 0 Å². The van der Waals surface area contributed by atoms with Crippen molar-refractivity contribution < 1.29 is 24.0 Å². The highest BCUT2D eigenvalue weighted by Crippen LogP contribution is 2.35. The Balaban J connectivity index is 1.41. The monoisotopic (exact) mass is 355 g/mol. The van der Waals surface area contributed by atoms with Gasteiger partial charge in [0.15, 0.2) is 0 Å². The molecule has 2 aliphatic heterocycles. The van der Waals surface area contributed by atoms with Gasteiger partial charge < -0.3 is 9.57 Å². The summed E-state index contributed by atoms with van der Waals surface area (Å²) in [5.41, 5.74) is 0.470. The number of fused-ring (bicyclic) bond motifs is 2. The van der Waals surface area contributed by atoms with Gasteiger partial charge in [0, 0.05) is 10.6 Å². The zero-order valence-corrected chi connectivity index (χ0v) is 13.8. The molecule has 2 aromatic carbocycles. The fourth-order valence-electron chi connectivity index (χ4n) is 2.74. The smallest absolute Gasteiger partial charge is 0.336 e. The number of imide groups is 1. The van der Waals surface area contributed by atoms with E-state index >= 15 is 0 Å². The van der Waals surface area contributed by atoms with E-state index < -0.39 is 17.8 Å². The molecule has 2 aliphatic rings. The van der Waals surface area contributed by atoms with Gasteiger partial charge in [0.1, 0.15) is 11.9 Å². The Morgan fingerprint density at radius 2 is 1.72 bits per heavy atom. The van der Waals surface area contributed by atoms with Crippen molar-refractivity contribution in [1.82, 2.24) is 5.06 Å². The summed E-state index contributed by atoms with van der Waals surface area (Å²) in [7, 11) is 0. The topological polar surface area (TPSA) is 72.9 Å². The normalized spacial score (nSPS) is 18.4. The fraction of sp³-hybridized carbons (Fsp3) is 0.167. The maximum atomic E-state index is 12.2. The van der Waals surface area contributed by atoms with Gasteiger partial charge in [0.25, 0.3) is 11.8 Å². The summed E-state index contributed by atoms with van der Waals surface area (Å²) in [6.07, 6.45) is -0.419. The third-order valence-electron chi connectivity index (χ3n) is 3.91. The molecule has 0 aromatic heterocycles. The van der Waals surface area contributed by atoms with Crippen molar-refractivity contribution >= 4 is 29.5 Å². The Labute approximate surface area is 147 Å². The van der Waals surface area contributed by atoms with Crippen LogP contribution in [0.3, 0.4) is 0 Å². The molecule has 4 rings (SSSR count). The molecule has 0 bridgehead atoms. The number of hydrogen-bond donors (Lipinski definition) is 0. The second kappa shape index (κ2) is 6.25. The van der Waals surface area contributed by atoms with E-state index in [1.54, 1.807) is 23.9 Å². The summed E-state index contributed by atoms with van der Waals surface area (Å²) in [5.74, 6) is -0.623. The van der Waals surface area contributed by atoms with Crippen LogP contribution in [0.5, 0.6) is 5.75 Å². The van der Waals surface area contributed by atoms with E-state index in [1.165, 1.54) is 12.1 Å². The van der Waals surface area contributed by atoms with Crippen LogP contribution in [0.15, 0.2) is 53.4 Å². The van der Waals surface area contributed by atoms with E-state index in [1.807, 2.05) is 24.3 Å². The number of hydrogen-bond acceptors (Lipinski definition) is 6. The second-order valence-corrected chi connectivity index (χ2v) is 6.68. The molecule has 2 amide bonds. The number of benzene rings is 2. The van der Waals surface area contributed by atoms with Crippen LogP contribution < -0.4 is 4.74 Å². The first-order chi connectivity index (χ1) is 12.1. The third kappa shape index (κ3) is 2.87. The molecular weight excluding hydrogens is 342 g/mol. The summed E-state index contributed by atoms with van der Waals surface area (Å²) in [6, 6.07) is 13.9. The molecule has 0 N–H and O–H groups in total. The lowest BCUT2D eigenvalue weighted by molar-refractivity contribution is -0.170. The number of nitrogens with zero attached hydrogens (tertiary/aromatic N) is 1. The lowest BCUT2D eigenvalue weighted by Crippen LogP contribution is -2.35. The number of carbonyl (C=O) groups excluding carboxylic acids is 3.